The number of aliphatic hydroxyl groups excluding tert-OH is 1. The number of carbonyl (C=O) groups is 2. The van der Waals surface area contributed by atoms with Gasteiger partial charge in [0.2, 0.25) is 0 Å². The van der Waals surface area contributed by atoms with Gasteiger partial charge < -0.3 is 14.9 Å². The molecule has 0 saturated carbocycles. The topological polar surface area (TPSA) is 83.8 Å². The number of esters is 1. The van der Waals surface area contributed by atoms with Crippen LogP contribution in [0.5, 0.6) is 0 Å². The Bertz CT molecular complexity index is 234. The summed E-state index contributed by atoms with van der Waals surface area (Å²) in [4.78, 5) is 19.6. The molecule has 0 spiro atoms. The van der Waals surface area contributed by atoms with Crippen molar-refractivity contribution in [3.63, 3.8) is 0 Å². The van der Waals surface area contributed by atoms with Crippen LogP contribution in [-0.4, -0.2) is 35.4 Å². The van der Waals surface area contributed by atoms with Crippen molar-refractivity contribution in [1.29, 1.82) is 0 Å². The summed E-state index contributed by atoms with van der Waals surface area (Å²) in [5.41, 5.74) is 0. The molecule has 0 amide bonds. The Kier molecular flexibility index (Phi) is 25.7. The van der Waals surface area contributed by atoms with Gasteiger partial charge in [-0.15, -0.1) is 0 Å². The first-order chi connectivity index (χ1) is 8.99. The number of carboxylic acid groups (broad SMARTS) is 1. The van der Waals surface area contributed by atoms with Crippen molar-refractivity contribution < 1.29 is 24.5 Å². The first-order valence-corrected chi connectivity index (χ1v) is 6.25. The maximum atomic E-state index is 10.3. The zero-order valence-electron chi connectivity index (χ0n) is 11.9. The Morgan fingerprint density at radius 2 is 1.58 bits per heavy atom. The molecule has 0 saturated heterocycles. The standard InChI is InChI=1S/C7H12O2.C4H10O.C3H4O2/c1-3-5-6-9-7(8)4-2;1-2-3-4-5;1-2-3(4)5/h4H,2-3,5-6H2,1H3;5H,2-4H2,1H3;2H,1H2,(H,4,5). The molecular weight excluding hydrogens is 248 g/mol. The number of rotatable bonds is 7. The van der Waals surface area contributed by atoms with Crippen molar-refractivity contribution in [2.75, 3.05) is 13.2 Å². The highest BCUT2D eigenvalue weighted by atomic mass is 16.5. The highest BCUT2D eigenvalue weighted by Crippen LogP contribution is 1.88. The van der Waals surface area contributed by atoms with Gasteiger partial charge in [0.05, 0.1) is 6.61 Å². The number of carboxylic acids is 1. The van der Waals surface area contributed by atoms with Crippen LogP contribution in [0.1, 0.15) is 39.5 Å². The van der Waals surface area contributed by atoms with E-state index in [1.807, 2.05) is 6.92 Å². The van der Waals surface area contributed by atoms with Crippen LogP contribution in [0.4, 0.5) is 0 Å². The van der Waals surface area contributed by atoms with Crippen molar-refractivity contribution in [2.45, 2.75) is 39.5 Å². The highest BCUT2D eigenvalue weighted by Gasteiger charge is 1.91. The predicted octanol–water partition coefficient (Wildman–Crippen LogP) is 2.55. The lowest BCUT2D eigenvalue weighted by Gasteiger charge is -1.97. The molecule has 112 valence electrons. The lowest BCUT2D eigenvalue weighted by atomic mass is 10.4. The Balaban J connectivity index is -0.000000219. The molecule has 0 aromatic carbocycles. The average Bonchev–Trinajstić information content (AvgIpc) is 2.41. The molecule has 0 bridgehead atoms. The molecule has 0 rings (SSSR count). The van der Waals surface area contributed by atoms with Crippen molar-refractivity contribution in [3.8, 4) is 0 Å². The second-order valence-corrected chi connectivity index (χ2v) is 3.34. The van der Waals surface area contributed by atoms with Crippen LogP contribution in [-0.2, 0) is 14.3 Å². The quantitative estimate of drug-likeness (QED) is 0.423. The molecular formula is C14H26O5. The van der Waals surface area contributed by atoms with Crippen LogP contribution in [0.15, 0.2) is 25.3 Å². The summed E-state index contributed by atoms with van der Waals surface area (Å²) in [5, 5.41) is 15.7. The van der Waals surface area contributed by atoms with Gasteiger partial charge >= 0.3 is 11.9 Å². The summed E-state index contributed by atoms with van der Waals surface area (Å²) < 4.78 is 4.67. The minimum Gasteiger partial charge on any atom is -0.478 e. The fourth-order valence-corrected chi connectivity index (χ4v) is 0.534. The van der Waals surface area contributed by atoms with E-state index in [0.717, 1.165) is 31.8 Å². The maximum absolute atomic E-state index is 10.3. The molecule has 5 heteroatoms. The number of aliphatic hydroxyl groups is 1. The SMILES string of the molecule is C=CC(=O)O.C=CC(=O)OCCCC.CCCCO. The van der Waals surface area contributed by atoms with E-state index in [1.54, 1.807) is 0 Å². The van der Waals surface area contributed by atoms with E-state index < -0.39 is 5.97 Å². The molecule has 0 unspecified atom stereocenters. The highest BCUT2D eigenvalue weighted by molar-refractivity contribution is 5.81. The van der Waals surface area contributed by atoms with Crippen LogP contribution in [0.2, 0.25) is 0 Å². The third kappa shape index (κ3) is 38.5. The molecule has 0 aliphatic heterocycles. The summed E-state index contributed by atoms with van der Waals surface area (Å²) >= 11 is 0. The molecule has 0 fully saturated rings. The maximum Gasteiger partial charge on any atom is 0.330 e. The van der Waals surface area contributed by atoms with Gasteiger partial charge in [0.25, 0.3) is 0 Å². The molecule has 0 aromatic heterocycles. The van der Waals surface area contributed by atoms with E-state index in [9.17, 15) is 9.59 Å². The van der Waals surface area contributed by atoms with Crippen LogP contribution in [0.25, 0.3) is 0 Å². The van der Waals surface area contributed by atoms with E-state index in [1.165, 1.54) is 6.08 Å². The van der Waals surface area contributed by atoms with Gasteiger partial charge in [-0.05, 0) is 12.8 Å². The first-order valence-electron chi connectivity index (χ1n) is 6.25. The lowest BCUT2D eigenvalue weighted by molar-refractivity contribution is -0.137. The van der Waals surface area contributed by atoms with E-state index in [-0.39, 0.29) is 5.97 Å². The van der Waals surface area contributed by atoms with Crippen molar-refractivity contribution in [3.05, 3.63) is 25.3 Å². The number of hydrogen-bond donors (Lipinski definition) is 2. The summed E-state index contributed by atoms with van der Waals surface area (Å²) in [6, 6.07) is 0. The number of hydrogen-bond acceptors (Lipinski definition) is 4. The van der Waals surface area contributed by atoms with E-state index >= 15 is 0 Å². The number of ether oxygens (including phenoxy) is 1. The second kappa shape index (κ2) is 21.6. The minimum absolute atomic E-state index is 0.330. The van der Waals surface area contributed by atoms with Gasteiger partial charge in [0, 0.05) is 18.8 Å². The molecule has 0 aliphatic carbocycles. The number of unbranched alkanes of at least 4 members (excludes halogenated alkanes) is 2. The van der Waals surface area contributed by atoms with Gasteiger partial charge in [-0.1, -0.05) is 39.8 Å². The fraction of sp³-hybridized carbons (Fsp3) is 0.571. The summed E-state index contributed by atoms with van der Waals surface area (Å²) in [6.07, 6.45) is 6.02. The molecule has 0 aliphatic rings. The normalized spacial score (nSPS) is 7.95. The lowest BCUT2D eigenvalue weighted by Crippen LogP contribution is -2.00. The Morgan fingerprint density at radius 3 is 1.79 bits per heavy atom. The minimum atomic E-state index is -0.981. The second-order valence-electron chi connectivity index (χ2n) is 3.34. The Morgan fingerprint density at radius 1 is 1.11 bits per heavy atom. The van der Waals surface area contributed by atoms with Gasteiger partial charge in [-0.2, -0.15) is 0 Å². The van der Waals surface area contributed by atoms with E-state index in [2.05, 4.69) is 24.8 Å². The van der Waals surface area contributed by atoms with Gasteiger partial charge in [0.1, 0.15) is 0 Å². The zero-order chi connectivity index (χ0) is 15.5. The van der Waals surface area contributed by atoms with Gasteiger partial charge in [-0.25, -0.2) is 9.59 Å². The zero-order valence-corrected chi connectivity index (χ0v) is 11.9. The predicted molar refractivity (Wildman–Crippen MR) is 75.9 cm³/mol. The third-order valence-electron chi connectivity index (χ3n) is 1.60. The number of aliphatic carboxylic acids is 1. The monoisotopic (exact) mass is 274 g/mol. The molecule has 2 N–H and O–H groups in total. The van der Waals surface area contributed by atoms with Crippen LogP contribution in [0.3, 0.4) is 0 Å². The first kappa shape index (κ1) is 22.6. The smallest absolute Gasteiger partial charge is 0.330 e. The molecule has 0 atom stereocenters. The molecule has 0 aromatic rings. The van der Waals surface area contributed by atoms with Crippen LogP contribution < -0.4 is 0 Å². The molecule has 5 nitrogen and oxygen atoms in total. The van der Waals surface area contributed by atoms with E-state index in [0.29, 0.717) is 13.2 Å². The van der Waals surface area contributed by atoms with Crippen molar-refractivity contribution in [2.24, 2.45) is 0 Å². The van der Waals surface area contributed by atoms with Crippen LogP contribution in [0, 0.1) is 0 Å². The molecule has 0 heterocycles. The van der Waals surface area contributed by atoms with Crippen LogP contribution >= 0.6 is 0 Å². The van der Waals surface area contributed by atoms with Gasteiger partial charge in [-0.3, -0.25) is 0 Å². The summed E-state index contributed by atoms with van der Waals surface area (Å²) in [6.45, 7) is 11.2. The van der Waals surface area contributed by atoms with Crippen molar-refractivity contribution in [1.82, 2.24) is 0 Å². The fourth-order valence-electron chi connectivity index (χ4n) is 0.534. The van der Waals surface area contributed by atoms with E-state index in [4.69, 9.17) is 10.2 Å². The molecule has 0 radical (unpaired) electrons. The van der Waals surface area contributed by atoms with Gasteiger partial charge in [0.15, 0.2) is 0 Å². The summed E-state index contributed by atoms with van der Waals surface area (Å²) in [5.74, 6) is -1.31. The Hall–Kier alpha value is -1.62. The Labute approximate surface area is 115 Å². The third-order valence-corrected chi connectivity index (χ3v) is 1.60. The number of carbonyl (C=O) groups excluding carboxylic acids is 1. The molecule has 19 heavy (non-hydrogen) atoms. The average molecular weight is 274 g/mol. The van der Waals surface area contributed by atoms with Crippen molar-refractivity contribution >= 4 is 11.9 Å². The summed E-state index contributed by atoms with van der Waals surface area (Å²) in [7, 11) is 0. The largest absolute Gasteiger partial charge is 0.478 e.